The normalized spacial score (nSPS) is 17.0. The highest BCUT2D eigenvalue weighted by molar-refractivity contribution is 6.31. The predicted octanol–water partition coefficient (Wildman–Crippen LogP) is 5.10. The number of hydrogen-bond acceptors (Lipinski definition) is 3. The predicted molar refractivity (Wildman–Crippen MR) is 124 cm³/mol. The Hall–Kier alpha value is -2.54. The van der Waals surface area contributed by atoms with Crippen molar-refractivity contribution in [2.45, 2.75) is 6.42 Å². The minimum atomic E-state index is -0.601. The molecule has 0 aromatic heterocycles. The first kappa shape index (κ1) is 24.1. The average Bonchev–Trinajstić information content (AvgIpc) is 2.74. The third kappa shape index (κ3) is 6.03. The molecule has 32 heavy (non-hydrogen) atoms. The zero-order chi connectivity index (χ0) is 23.4. The topological polar surface area (TPSA) is 40.6 Å². The standard InChI is InChI=1S/C24H22Cl2F2N2O2/c1-29(2)8-7-23(31)30-13-17(9-15-3-5-19(25)21(27)11-15)24(32)18(14-30)10-16-4-6-20(26)22(28)12-16/h3-6,9-12H,7-8,13-14H2,1-2H3/b17-9+,18-10+. The van der Waals surface area contributed by atoms with Crippen LogP contribution in [0.15, 0.2) is 47.5 Å². The fourth-order valence-electron chi connectivity index (χ4n) is 3.30. The second-order valence-corrected chi connectivity index (χ2v) is 8.63. The molecular weight excluding hydrogens is 457 g/mol. The monoisotopic (exact) mass is 478 g/mol. The minimum Gasteiger partial charge on any atom is -0.334 e. The summed E-state index contributed by atoms with van der Waals surface area (Å²) in [6.07, 6.45) is 3.37. The number of piperidine rings is 1. The van der Waals surface area contributed by atoms with Crippen molar-refractivity contribution in [3.63, 3.8) is 0 Å². The molecule has 0 spiro atoms. The molecule has 2 aromatic carbocycles. The summed E-state index contributed by atoms with van der Waals surface area (Å²) < 4.78 is 27.7. The van der Waals surface area contributed by atoms with Crippen LogP contribution in [-0.2, 0) is 9.59 Å². The molecule has 2 aromatic rings. The van der Waals surface area contributed by atoms with E-state index in [0.29, 0.717) is 28.8 Å². The summed E-state index contributed by atoms with van der Waals surface area (Å²) in [6.45, 7) is 0.759. The molecule has 0 aliphatic carbocycles. The van der Waals surface area contributed by atoms with Crippen LogP contribution in [0.1, 0.15) is 17.5 Å². The number of hydrogen-bond donors (Lipinski definition) is 0. The van der Waals surface area contributed by atoms with Gasteiger partial charge in [-0.1, -0.05) is 35.3 Å². The smallest absolute Gasteiger partial charge is 0.224 e. The molecular formula is C24H22Cl2F2N2O2. The van der Waals surface area contributed by atoms with Crippen LogP contribution in [0.25, 0.3) is 12.2 Å². The number of nitrogens with zero attached hydrogens (tertiary/aromatic N) is 2. The van der Waals surface area contributed by atoms with Gasteiger partial charge in [0.2, 0.25) is 5.91 Å². The van der Waals surface area contributed by atoms with Crippen molar-refractivity contribution in [3.8, 4) is 0 Å². The van der Waals surface area contributed by atoms with Crippen molar-refractivity contribution < 1.29 is 18.4 Å². The van der Waals surface area contributed by atoms with Gasteiger partial charge in [0, 0.05) is 37.2 Å². The van der Waals surface area contributed by atoms with E-state index in [2.05, 4.69) is 0 Å². The van der Waals surface area contributed by atoms with Crippen LogP contribution in [0.3, 0.4) is 0 Å². The molecule has 4 nitrogen and oxygen atoms in total. The lowest BCUT2D eigenvalue weighted by atomic mass is 9.94. The van der Waals surface area contributed by atoms with Crippen LogP contribution in [0.5, 0.6) is 0 Å². The average molecular weight is 479 g/mol. The Morgan fingerprint density at radius 2 is 1.44 bits per heavy atom. The van der Waals surface area contributed by atoms with Crippen LogP contribution >= 0.6 is 23.2 Å². The highest BCUT2D eigenvalue weighted by atomic mass is 35.5. The summed E-state index contributed by atoms with van der Waals surface area (Å²) in [4.78, 5) is 29.4. The van der Waals surface area contributed by atoms with Crippen molar-refractivity contribution in [3.05, 3.63) is 80.4 Å². The lowest BCUT2D eigenvalue weighted by Crippen LogP contribution is -2.42. The number of carbonyl (C=O) groups is 2. The Bertz CT molecular complexity index is 1040. The molecule has 0 N–H and O–H groups in total. The molecule has 3 rings (SSSR count). The third-order valence-electron chi connectivity index (χ3n) is 5.00. The zero-order valence-electron chi connectivity index (χ0n) is 17.7. The lowest BCUT2D eigenvalue weighted by Gasteiger charge is -2.30. The number of likely N-dealkylation sites (tertiary alicyclic amines) is 1. The van der Waals surface area contributed by atoms with Crippen LogP contribution in [0, 0.1) is 11.6 Å². The van der Waals surface area contributed by atoms with Gasteiger partial charge in [-0.15, -0.1) is 0 Å². The van der Waals surface area contributed by atoms with Crippen LogP contribution in [-0.4, -0.2) is 55.2 Å². The number of amides is 1. The molecule has 0 bridgehead atoms. The molecule has 0 unspecified atom stereocenters. The molecule has 168 valence electrons. The van der Waals surface area contributed by atoms with Crippen LogP contribution in [0.2, 0.25) is 10.0 Å². The second kappa shape index (κ2) is 10.4. The maximum absolute atomic E-state index is 13.9. The fraction of sp³-hybridized carbons (Fsp3) is 0.250. The Kier molecular flexibility index (Phi) is 7.82. The highest BCUT2D eigenvalue weighted by Gasteiger charge is 2.29. The number of benzene rings is 2. The van der Waals surface area contributed by atoms with Crippen molar-refractivity contribution in [2.24, 2.45) is 0 Å². The minimum absolute atomic E-state index is 0.0204. The van der Waals surface area contributed by atoms with E-state index in [-0.39, 0.29) is 41.2 Å². The summed E-state index contributed by atoms with van der Waals surface area (Å²) in [7, 11) is 3.74. The quantitative estimate of drug-likeness (QED) is 0.561. The maximum atomic E-state index is 13.9. The summed E-state index contributed by atoms with van der Waals surface area (Å²) in [5, 5.41) is -0.0408. The van der Waals surface area contributed by atoms with E-state index in [4.69, 9.17) is 23.2 Å². The van der Waals surface area contributed by atoms with Gasteiger partial charge in [-0.05, 0) is 61.6 Å². The third-order valence-corrected chi connectivity index (χ3v) is 5.61. The Labute approximate surface area is 195 Å². The van der Waals surface area contributed by atoms with Gasteiger partial charge in [0.1, 0.15) is 11.6 Å². The van der Waals surface area contributed by atoms with Gasteiger partial charge in [0.15, 0.2) is 5.78 Å². The molecule has 1 aliphatic rings. The molecule has 1 aliphatic heterocycles. The van der Waals surface area contributed by atoms with Crippen molar-refractivity contribution in [2.75, 3.05) is 33.7 Å². The molecule has 0 saturated carbocycles. The Morgan fingerprint density at radius 3 is 1.84 bits per heavy atom. The number of halogens is 4. The van der Waals surface area contributed by atoms with Crippen molar-refractivity contribution >= 4 is 47.0 Å². The van der Waals surface area contributed by atoms with Crippen LogP contribution < -0.4 is 0 Å². The Morgan fingerprint density at radius 1 is 0.969 bits per heavy atom. The van der Waals surface area contributed by atoms with Gasteiger partial charge in [-0.25, -0.2) is 8.78 Å². The molecule has 0 atom stereocenters. The van der Waals surface area contributed by atoms with E-state index < -0.39 is 11.6 Å². The number of rotatable bonds is 5. The van der Waals surface area contributed by atoms with E-state index in [9.17, 15) is 18.4 Å². The fourth-order valence-corrected chi connectivity index (χ4v) is 3.53. The molecule has 8 heteroatoms. The van der Waals surface area contributed by atoms with E-state index in [1.165, 1.54) is 24.3 Å². The second-order valence-electron chi connectivity index (χ2n) is 7.82. The van der Waals surface area contributed by atoms with Gasteiger partial charge in [0.05, 0.1) is 10.0 Å². The van der Waals surface area contributed by atoms with Gasteiger partial charge in [-0.3, -0.25) is 9.59 Å². The Balaban J connectivity index is 1.98. The van der Waals surface area contributed by atoms with Gasteiger partial charge in [0.25, 0.3) is 0 Å². The first-order valence-corrected chi connectivity index (χ1v) is 10.7. The van der Waals surface area contributed by atoms with E-state index in [1.54, 1.807) is 29.2 Å². The first-order valence-electron chi connectivity index (χ1n) is 9.92. The highest BCUT2D eigenvalue weighted by Crippen LogP contribution is 2.25. The van der Waals surface area contributed by atoms with Crippen LogP contribution in [0.4, 0.5) is 8.78 Å². The summed E-state index contributed by atoms with van der Waals surface area (Å²) >= 11 is 11.5. The summed E-state index contributed by atoms with van der Waals surface area (Å²) in [5.41, 5.74) is 1.57. The van der Waals surface area contributed by atoms with Gasteiger partial charge in [-0.2, -0.15) is 0 Å². The molecule has 1 fully saturated rings. The summed E-state index contributed by atoms with van der Waals surface area (Å²) in [6, 6.07) is 8.46. The van der Waals surface area contributed by atoms with E-state index in [0.717, 1.165) is 0 Å². The first-order chi connectivity index (χ1) is 15.1. The number of ketones is 1. The van der Waals surface area contributed by atoms with Gasteiger partial charge >= 0.3 is 0 Å². The van der Waals surface area contributed by atoms with E-state index >= 15 is 0 Å². The molecule has 1 saturated heterocycles. The number of carbonyl (C=O) groups excluding carboxylic acids is 2. The maximum Gasteiger partial charge on any atom is 0.224 e. The number of Topliss-reactive ketones (excluding diaryl/α,β-unsaturated/α-hetero) is 1. The lowest BCUT2D eigenvalue weighted by molar-refractivity contribution is -0.131. The zero-order valence-corrected chi connectivity index (χ0v) is 19.2. The molecule has 1 heterocycles. The molecule has 1 amide bonds. The summed E-state index contributed by atoms with van der Waals surface area (Å²) in [5.74, 6) is -1.61. The SMILES string of the molecule is CN(C)CCC(=O)N1C/C(=C\c2ccc(Cl)c(F)c2)C(=O)/C(=C/c2ccc(Cl)c(F)c2)C1. The van der Waals surface area contributed by atoms with E-state index in [1.807, 2.05) is 19.0 Å². The van der Waals surface area contributed by atoms with Gasteiger partial charge < -0.3 is 9.80 Å². The largest absolute Gasteiger partial charge is 0.334 e. The molecule has 0 radical (unpaired) electrons. The van der Waals surface area contributed by atoms with Crippen molar-refractivity contribution in [1.82, 2.24) is 9.80 Å². The van der Waals surface area contributed by atoms with Crippen molar-refractivity contribution in [1.29, 1.82) is 0 Å².